The average molecular weight is 717 g/mol. The van der Waals surface area contributed by atoms with E-state index < -0.39 is 42.2 Å². The third-order valence-electron chi connectivity index (χ3n) is 8.38. The lowest BCUT2D eigenvalue weighted by molar-refractivity contribution is -0.134. The number of H-pyrrole nitrogens is 1. The average Bonchev–Trinajstić information content (AvgIpc) is 3.87. The van der Waals surface area contributed by atoms with Crippen molar-refractivity contribution in [1.29, 1.82) is 0 Å². The van der Waals surface area contributed by atoms with Gasteiger partial charge >= 0.3 is 12.6 Å². The number of aliphatic imine (C=N–C) groups is 1. The minimum Gasteiger partial charge on any atom is -0.443 e. The highest BCUT2D eigenvalue weighted by Gasteiger charge is 2.55. The first-order valence-corrected chi connectivity index (χ1v) is 16.4. The van der Waals surface area contributed by atoms with Crippen molar-refractivity contribution in [2.45, 2.75) is 51.9 Å². The smallest absolute Gasteiger partial charge is 0.437 e. The van der Waals surface area contributed by atoms with Crippen LogP contribution < -0.4 is 5.32 Å². The molecule has 1 aliphatic rings. The van der Waals surface area contributed by atoms with Crippen LogP contribution in [0.2, 0.25) is 5.02 Å². The molecule has 0 spiro atoms. The zero-order valence-corrected chi connectivity index (χ0v) is 28.7. The van der Waals surface area contributed by atoms with Crippen LogP contribution in [0.4, 0.5) is 13.6 Å². The first kappa shape index (κ1) is 35.4. The molecule has 1 saturated heterocycles. The number of nitrogens with zero attached hydrogens (tertiary/aromatic N) is 6. The molecule has 2 aromatic heterocycles. The van der Waals surface area contributed by atoms with Crippen LogP contribution in [0, 0.1) is 5.41 Å². The fourth-order valence-corrected chi connectivity index (χ4v) is 6.38. The summed E-state index contributed by atoms with van der Waals surface area (Å²) in [5, 5.41) is 24.9. The number of nitrogens with one attached hydrogen (secondary N) is 2. The molecule has 3 N–H and O–H groups in total. The molecule has 6 rings (SSSR count). The Kier molecular flexibility index (Phi) is 9.99. The topological polar surface area (TPSA) is 151 Å². The van der Waals surface area contributed by atoms with Gasteiger partial charge in [-0.2, -0.15) is 19.0 Å². The molecule has 0 radical (unpaired) electrons. The second kappa shape index (κ2) is 14.4. The lowest BCUT2D eigenvalue weighted by Crippen LogP contribution is -2.47. The quantitative estimate of drug-likeness (QED) is 0.142. The number of rotatable bonds is 10. The fraction of sp³-hybridized carbons (Fsp3) is 0.278. The predicted octanol–water partition coefficient (Wildman–Crippen LogP) is 6.87. The first-order valence-electron chi connectivity index (χ1n) is 16.0. The van der Waals surface area contributed by atoms with Crippen molar-refractivity contribution in [3.05, 3.63) is 113 Å². The second-order valence-electron chi connectivity index (χ2n) is 13.3. The lowest BCUT2D eigenvalue weighted by Gasteiger charge is -2.35. The fourth-order valence-electron chi connectivity index (χ4n) is 6.17. The minimum atomic E-state index is -2.79. The number of hydrogen-bond donors (Lipinski definition) is 3. The van der Waals surface area contributed by atoms with Crippen LogP contribution in [0.1, 0.15) is 56.5 Å². The Bertz CT molecular complexity index is 2030. The van der Waals surface area contributed by atoms with E-state index in [-0.39, 0.29) is 19.0 Å². The molecule has 0 unspecified atom stereocenters. The Morgan fingerprint density at radius 1 is 1.08 bits per heavy atom. The zero-order valence-electron chi connectivity index (χ0n) is 27.9. The van der Waals surface area contributed by atoms with Gasteiger partial charge in [0.2, 0.25) is 5.96 Å². The summed E-state index contributed by atoms with van der Waals surface area (Å²) in [5.74, 6) is -0.232. The normalized spacial score (nSPS) is 17.6. The van der Waals surface area contributed by atoms with Crippen LogP contribution in [0.5, 0.6) is 0 Å². The molecule has 0 bridgehead atoms. The lowest BCUT2D eigenvalue weighted by atomic mass is 9.75. The van der Waals surface area contributed by atoms with Crippen LogP contribution in [0.15, 0.2) is 96.5 Å². The Morgan fingerprint density at radius 2 is 1.82 bits per heavy atom. The monoisotopic (exact) mass is 716 g/mol. The number of aromatic amines is 1. The van der Waals surface area contributed by atoms with Crippen LogP contribution in [-0.4, -0.2) is 59.5 Å². The van der Waals surface area contributed by atoms with Crippen molar-refractivity contribution >= 4 is 29.6 Å². The van der Waals surface area contributed by atoms with E-state index in [1.807, 2.05) is 39.0 Å². The van der Waals surface area contributed by atoms with Crippen LogP contribution in [-0.2, 0) is 21.7 Å². The number of halogens is 3. The molecular weight excluding hydrogens is 682 g/mol. The number of hydrogen-bond acceptors (Lipinski definition) is 7. The third-order valence-corrected chi connectivity index (χ3v) is 8.71. The van der Waals surface area contributed by atoms with E-state index in [1.165, 1.54) is 23.6 Å². The summed E-state index contributed by atoms with van der Waals surface area (Å²) in [6.45, 7) is 2.51. The highest BCUT2D eigenvalue weighted by Crippen LogP contribution is 2.43. The van der Waals surface area contributed by atoms with Gasteiger partial charge in [0.05, 0.1) is 23.9 Å². The maximum atomic E-state index is 15.0. The van der Waals surface area contributed by atoms with Crippen molar-refractivity contribution in [2.24, 2.45) is 10.4 Å². The molecule has 5 aromatic rings. The maximum absolute atomic E-state index is 15.0. The molecule has 15 heteroatoms. The molecule has 2 atom stereocenters. The van der Waals surface area contributed by atoms with Crippen molar-refractivity contribution in [1.82, 2.24) is 35.2 Å². The van der Waals surface area contributed by atoms with Gasteiger partial charge in [0, 0.05) is 17.3 Å². The summed E-state index contributed by atoms with van der Waals surface area (Å²) in [5.41, 5.74) is 1.37. The van der Waals surface area contributed by atoms with E-state index in [9.17, 15) is 18.7 Å². The standard InChI is InChI=1S/C36H35ClF2N8O4/c1-35(2,3)20-36(26-12-9-23(10-13-26)25-16-42-46(17-25)32(38)39)31(49)47(33(44-36)43-34(50)51-19-22-7-5-4-6-8-22)29(18-48)24-11-14-28(37)27(15-24)30-40-21-41-45-30/h4-17,21,29,32,48H,18-20H2,1-3H3,(H,40,41,45)(H,43,44,50)/t29-,36-/m1/s1. The minimum absolute atomic E-state index is 0.0533. The van der Waals surface area contributed by atoms with Gasteiger partial charge in [-0.25, -0.2) is 14.5 Å². The number of guanidine groups is 1. The van der Waals surface area contributed by atoms with Crippen LogP contribution >= 0.6 is 11.6 Å². The summed E-state index contributed by atoms with van der Waals surface area (Å²) in [6, 6.07) is 19.9. The molecule has 51 heavy (non-hydrogen) atoms. The largest absolute Gasteiger partial charge is 0.443 e. The van der Waals surface area contributed by atoms with E-state index in [1.54, 1.807) is 54.6 Å². The van der Waals surface area contributed by atoms with E-state index >= 15 is 4.79 Å². The van der Waals surface area contributed by atoms with E-state index in [4.69, 9.17) is 16.3 Å². The molecule has 1 fully saturated rings. The maximum Gasteiger partial charge on any atom is 0.437 e. The molecule has 0 saturated carbocycles. The van der Waals surface area contributed by atoms with Gasteiger partial charge in [-0.05, 0) is 46.2 Å². The first-order chi connectivity index (χ1) is 24.4. The Labute approximate surface area is 297 Å². The van der Waals surface area contributed by atoms with E-state index in [2.05, 4.69) is 30.6 Å². The number of benzene rings is 3. The van der Waals surface area contributed by atoms with Gasteiger partial charge in [-0.15, -0.1) is 4.99 Å². The molecule has 0 aliphatic carbocycles. The molecule has 1 aliphatic heterocycles. The van der Waals surface area contributed by atoms with E-state index in [0.29, 0.717) is 43.3 Å². The zero-order chi connectivity index (χ0) is 36.3. The Morgan fingerprint density at radius 3 is 2.45 bits per heavy atom. The molecule has 264 valence electrons. The van der Waals surface area contributed by atoms with Crippen molar-refractivity contribution < 1.29 is 28.2 Å². The predicted molar refractivity (Wildman–Crippen MR) is 185 cm³/mol. The molecular formula is C36H35ClF2N8O4. The molecule has 3 aromatic carbocycles. The van der Waals surface area contributed by atoms with Gasteiger partial charge in [-0.1, -0.05) is 93.0 Å². The van der Waals surface area contributed by atoms with Gasteiger partial charge < -0.3 is 15.2 Å². The summed E-state index contributed by atoms with van der Waals surface area (Å²) in [4.78, 5) is 38.0. The number of aliphatic hydroxyl groups is 1. The van der Waals surface area contributed by atoms with Gasteiger partial charge in [0.1, 0.15) is 18.5 Å². The number of carbonyl (C=O) groups excluding carboxylic acids is 2. The summed E-state index contributed by atoms with van der Waals surface area (Å²) in [7, 11) is 0. The summed E-state index contributed by atoms with van der Waals surface area (Å²) >= 11 is 6.51. The second-order valence-corrected chi connectivity index (χ2v) is 13.7. The number of aliphatic hydroxyl groups excluding tert-OH is 1. The summed E-state index contributed by atoms with van der Waals surface area (Å²) in [6.07, 6.45) is 3.19. The molecule has 3 heterocycles. The number of alkyl halides is 2. The highest BCUT2D eigenvalue weighted by molar-refractivity contribution is 6.33. The third kappa shape index (κ3) is 7.51. The van der Waals surface area contributed by atoms with E-state index in [0.717, 1.165) is 5.56 Å². The van der Waals surface area contributed by atoms with Crippen molar-refractivity contribution in [3.8, 4) is 22.5 Å². The summed E-state index contributed by atoms with van der Waals surface area (Å²) < 4.78 is 32.5. The SMILES string of the molecule is CC(C)(C)C[C@]1(c2ccc(-c3cnn(C(F)F)c3)cc2)N/C(=N\C(=O)OCc2ccccc2)N([C@H](CO)c2ccc(Cl)c(-c3ncn[nH]3)c2)C1=O. The highest BCUT2D eigenvalue weighted by atomic mass is 35.5. The Balaban J connectivity index is 1.44. The Hall–Kier alpha value is -5.47. The van der Waals surface area contributed by atoms with Crippen molar-refractivity contribution in [2.75, 3.05) is 6.61 Å². The number of carbonyl (C=O) groups is 2. The van der Waals surface area contributed by atoms with Gasteiger partial charge in [0.25, 0.3) is 5.91 Å². The van der Waals surface area contributed by atoms with Crippen LogP contribution in [0.25, 0.3) is 22.5 Å². The van der Waals surface area contributed by atoms with Crippen molar-refractivity contribution in [3.63, 3.8) is 0 Å². The molecule has 12 nitrogen and oxygen atoms in total. The number of ether oxygens (including phenoxy) is 1. The number of amides is 2. The van der Waals surface area contributed by atoms with Crippen LogP contribution in [0.3, 0.4) is 0 Å². The van der Waals surface area contributed by atoms with Gasteiger partial charge in [0.15, 0.2) is 5.82 Å². The van der Waals surface area contributed by atoms with Gasteiger partial charge in [-0.3, -0.25) is 14.8 Å². The molecule has 2 amide bonds. The number of aromatic nitrogens is 5.